The molecule has 0 radical (unpaired) electrons. The first-order valence-electron chi connectivity index (χ1n) is 12.6. The highest BCUT2D eigenvalue weighted by Gasteiger charge is 2.40. The van der Waals surface area contributed by atoms with Crippen LogP contribution in [0.25, 0.3) is 45.0 Å². The van der Waals surface area contributed by atoms with Crippen molar-refractivity contribution in [2.24, 2.45) is 0 Å². The second-order valence-corrected chi connectivity index (χ2v) is 10.9. The largest absolute Gasteiger partial charge is 0.247 e. The summed E-state index contributed by atoms with van der Waals surface area (Å²) in [5, 5.41) is 0. The van der Waals surface area contributed by atoms with E-state index in [-0.39, 0.29) is 10.8 Å². The van der Waals surface area contributed by atoms with Crippen molar-refractivity contribution in [3.05, 3.63) is 114 Å². The highest BCUT2D eigenvalue weighted by Crippen LogP contribution is 2.53. The lowest BCUT2D eigenvalue weighted by Gasteiger charge is -2.21. The summed E-state index contributed by atoms with van der Waals surface area (Å²) in [6.07, 6.45) is 1.96. The zero-order valence-electron chi connectivity index (χ0n) is 21.0. The van der Waals surface area contributed by atoms with Gasteiger partial charge < -0.3 is 0 Å². The molecule has 174 valence electrons. The summed E-state index contributed by atoms with van der Waals surface area (Å²) < 4.78 is 0. The van der Waals surface area contributed by atoms with Crippen molar-refractivity contribution < 1.29 is 0 Å². The molecule has 0 amide bonds. The van der Waals surface area contributed by atoms with Crippen LogP contribution in [0.3, 0.4) is 0 Å². The van der Waals surface area contributed by atoms with E-state index in [4.69, 9.17) is 15.0 Å². The van der Waals surface area contributed by atoms with E-state index >= 15 is 0 Å². The quantitative estimate of drug-likeness (QED) is 0.267. The Balaban J connectivity index is 1.41. The highest BCUT2D eigenvalue weighted by atomic mass is 14.9. The number of pyridine rings is 1. The van der Waals surface area contributed by atoms with E-state index in [2.05, 4.69) is 94.4 Å². The molecule has 2 heterocycles. The molecule has 0 fully saturated rings. The van der Waals surface area contributed by atoms with E-state index in [1.165, 1.54) is 33.4 Å². The highest BCUT2D eigenvalue weighted by molar-refractivity contribution is 5.92. The Morgan fingerprint density at radius 2 is 1.28 bits per heavy atom. The molecule has 36 heavy (non-hydrogen) atoms. The van der Waals surface area contributed by atoms with E-state index in [1.807, 2.05) is 24.4 Å². The Morgan fingerprint density at radius 1 is 0.556 bits per heavy atom. The number of fused-ring (bicyclic) bond motifs is 6. The summed E-state index contributed by atoms with van der Waals surface area (Å²) >= 11 is 0. The molecule has 0 aliphatic heterocycles. The summed E-state index contributed by atoms with van der Waals surface area (Å²) in [6, 6.07) is 30.0. The lowest BCUT2D eigenvalue weighted by Crippen LogP contribution is -2.17. The molecular weight excluding hydrogens is 438 g/mol. The van der Waals surface area contributed by atoms with Crippen LogP contribution in [0.2, 0.25) is 0 Å². The maximum atomic E-state index is 5.28. The normalized spacial score (nSPS) is 15.7. The molecule has 2 aliphatic rings. The predicted molar refractivity (Wildman–Crippen MR) is 146 cm³/mol. The molecule has 3 aromatic carbocycles. The fourth-order valence-corrected chi connectivity index (χ4v) is 6.17. The Bertz CT molecular complexity index is 1680. The minimum absolute atomic E-state index is 0.0328. The van der Waals surface area contributed by atoms with Gasteiger partial charge in [-0.25, -0.2) is 15.0 Å². The number of hydrogen-bond acceptors (Lipinski definition) is 3. The van der Waals surface area contributed by atoms with Crippen LogP contribution < -0.4 is 0 Å². The second-order valence-electron chi connectivity index (χ2n) is 10.9. The van der Waals surface area contributed by atoms with Crippen LogP contribution in [0.4, 0.5) is 0 Å². The minimum Gasteiger partial charge on any atom is -0.247 e. The van der Waals surface area contributed by atoms with Gasteiger partial charge in [-0.3, -0.25) is 0 Å². The first kappa shape index (κ1) is 21.2. The van der Waals surface area contributed by atoms with Crippen molar-refractivity contribution in [3.8, 4) is 45.0 Å². The molecule has 0 N–H and O–H groups in total. The van der Waals surface area contributed by atoms with Gasteiger partial charge in [-0.2, -0.15) is 0 Å². The Morgan fingerprint density at radius 3 is 2.11 bits per heavy atom. The van der Waals surface area contributed by atoms with Crippen LogP contribution >= 0.6 is 0 Å². The number of aromatic nitrogens is 3. The van der Waals surface area contributed by atoms with Crippen LogP contribution in [0.5, 0.6) is 0 Å². The van der Waals surface area contributed by atoms with Crippen LogP contribution in [0.15, 0.2) is 91.1 Å². The molecule has 0 saturated carbocycles. The lowest BCUT2D eigenvalue weighted by molar-refractivity contribution is 0.635. The van der Waals surface area contributed by atoms with E-state index in [9.17, 15) is 0 Å². The van der Waals surface area contributed by atoms with Gasteiger partial charge in [0.25, 0.3) is 0 Å². The summed E-state index contributed by atoms with van der Waals surface area (Å²) in [5.74, 6) is 0.759. The van der Waals surface area contributed by atoms with Gasteiger partial charge in [0, 0.05) is 33.7 Å². The van der Waals surface area contributed by atoms with E-state index in [0.717, 1.165) is 34.0 Å². The molecule has 0 unspecified atom stereocenters. The van der Waals surface area contributed by atoms with Crippen LogP contribution in [-0.2, 0) is 10.8 Å². The molecule has 7 rings (SSSR count). The van der Waals surface area contributed by atoms with E-state index in [1.54, 1.807) is 0 Å². The summed E-state index contributed by atoms with van der Waals surface area (Å²) in [4.78, 5) is 15.1. The van der Waals surface area contributed by atoms with Crippen molar-refractivity contribution in [2.45, 2.75) is 38.5 Å². The fourth-order valence-electron chi connectivity index (χ4n) is 6.17. The Kier molecular flexibility index (Phi) is 4.24. The van der Waals surface area contributed by atoms with Crippen LogP contribution in [0.1, 0.15) is 50.1 Å². The van der Waals surface area contributed by atoms with Gasteiger partial charge in [-0.15, -0.1) is 0 Å². The van der Waals surface area contributed by atoms with Gasteiger partial charge in [0.1, 0.15) is 0 Å². The molecular formula is C33H27N3. The number of nitrogens with zero attached hydrogens (tertiary/aromatic N) is 3. The van der Waals surface area contributed by atoms with Crippen LogP contribution in [0, 0.1) is 0 Å². The van der Waals surface area contributed by atoms with Gasteiger partial charge in [0.15, 0.2) is 5.82 Å². The van der Waals surface area contributed by atoms with Gasteiger partial charge in [0.2, 0.25) is 0 Å². The van der Waals surface area contributed by atoms with Crippen molar-refractivity contribution in [2.75, 3.05) is 0 Å². The zero-order chi connectivity index (χ0) is 24.7. The Labute approximate surface area is 211 Å². The monoisotopic (exact) mass is 465 g/mol. The smallest absolute Gasteiger partial charge is 0.159 e. The third-order valence-corrected chi connectivity index (χ3v) is 8.12. The van der Waals surface area contributed by atoms with E-state index in [0.29, 0.717) is 0 Å². The fraction of sp³-hybridized carbons (Fsp3) is 0.182. The maximum Gasteiger partial charge on any atom is 0.159 e. The third kappa shape index (κ3) is 2.77. The van der Waals surface area contributed by atoms with Gasteiger partial charge in [-0.1, -0.05) is 107 Å². The molecule has 2 aromatic heterocycles. The number of hydrogen-bond donors (Lipinski definition) is 0. The summed E-state index contributed by atoms with van der Waals surface area (Å²) in [5.41, 5.74) is 12.6. The minimum atomic E-state index is -0.240. The average molecular weight is 466 g/mol. The molecule has 3 nitrogen and oxygen atoms in total. The SMILES string of the molecule is CC1(C)c2ccccc2-c2c(-c3ccc4c(n3)-c3cnc(-c5ccccc5)nc3C4(C)C)cccc21. The van der Waals surface area contributed by atoms with Gasteiger partial charge >= 0.3 is 0 Å². The van der Waals surface area contributed by atoms with Crippen molar-refractivity contribution >= 4 is 0 Å². The van der Waals surface area contributed by atoms with Crippen molar-refractivity contribution in [3.63, 3.8) is 0 Å². The van der Waals surface area contributed by atoms with E-state index < -0.39 is 0 Å². The summed E-state index contributed by atoms with van der Waals surface area (Å²) in [7, 11) is 0. The molecule has 5 aromatic rings. The molecule has 0 spiro atoms. The Hall–Kier alpha value is -4.11. The van der Waals surface area contributed by atoms with Gasteiger partial charge in [-0.05, 0) is 33.9 Å². The summed E-state index contributed by atoms with van der Waals surface area (Å²) in [6.45, 7) is 9.11. The number of benzene rings is 3. The first-order chi connectivity index (χ1) is 17.4. The number of rotatable bonds is 2. The first-order valence-corrected chi connectivity index (χ1v) is 12.6. The third-order valence-electron chi connectivity index (χ3n) is 8.12. The van der Waals surface area contributed by atoms with Crippen molar-refractivity contribution in [1.29, 1.82) is 0 Å². The molecule has 0 saturated heterocycles. The molecule has 0 bridgehead atoms. The topological polar surface area (TPSA) is 38.7 Å². The zero-order valence-corrected chi connectivity index (χ0v) is 21.0. The molecule has 2 aliphatic carbocycles. The molecule has 0 atom stereocenters. The average Bonchev–Trinajstić information content (AvgIpc) is 3.28. The van der Waals surface area contributed by atoms with Gasteiger partial charge in [0.05, 0.1) is 17.1 Å². The predicted octanol–water partition coefficient (Wildman–Crippen LogP) is 7.82. The van der Waals surface area contributed by atoms with Crippen molar-refractivity contribution in [1.82, 2.24) is 15.0 Å². The standard InChI is InChI=1S/C33H27N3/c1-32(2)24-15-9-8-13-21(24)28-22(14-10-16-25(28)32)27-18-17-26-29(35-27)23-19-34-31(20-11-6-5-7-12-20)36-30(23)33(26,3)4/h5-19H,1-4H3. The maximum absolute atomic E-state index is 5.28. The second kappa shape index (κ2) is 7.20. The molecule has 3 heteroatoms. The lowest BCUT2D eigenvalue weighted by atomic mass is 9.82. The van der Waals surface area contributed by atoms with Crippen LogP contribution in [-0.4, -0.2) is 15.0 Å².